The number of carbonyl (C=O) groups is 4. The average molecular weight is 849 g/mol. The van der Waals surface area contributed by atoms with E-state index in [1.165, 1.54) is 39.1 Å². The molecule has 2 fully saturated rings. The Hall–Kier alpha value is -6.62. The van der Waals surface area contributed by atoms with E-state index in [2.05, 4.69) is 25.7 Å². The van der Waals surface area contributed by atoms with Gasteiger partial charge in [0.2, 0.25) is 17.7 Å². The van der Waals surface area contributed by atoms with E-state index in [4.69, 9.17) is 9.15 Å². The first-order valence-electron chi connectivity index (χ1n) is 20.8. The van der Waals surface area contributed by atoms with Crippen LogP contribution in [0.1, 0.15) is 96.8 Å². The molecule has 17 heteroatoms. The lowest BCUT2D eigenvalue weighted by Crippen LogP contribution is -2.44. The zero-order valence-corrected chi connectivity index (χ0v) is 34.1. The summed E-state index contributed by atoms with van der Waals surface area (Å²) < 4.78 is 43.5. The third kappa shape index (κ3) is 9.78. The van der Waals surface area contributed by atoms with Crippen LogP contribution >= 0.6 is 0 Å². The number of carbonyl (C=O) groups excluding carboxylic acids is 4. The second-order valence-electron chi connectivity index (χ2n) is 15.9. The summed E-state index contributed by atoms with van der Waals surface area (Å²) in [6, 6.07) is 15.6. The summed E-state index contributed by atoms with van der Waals surface area (Å²) in [5.74, 6) is -0.600. The zero-order valence-electron chi connectivity index (χ0n) is 34.1. The number of ether oxygens (including phenoxy) is 1. The van der Waals surface area contributed by atoms with Crippen LogP contribution in [0.15, 0.2) is 82.5 Å². The van der Waals surface area contributed by atoms with Crippen LogP contribution < -0.4 is 16.3 Å². The number of rotatable bonds is 19. The van der Waals surface area contributed by atoms with Gasteiger partial charge in [0.1, 0.15) is 18.9 Å². The molecular formula is C45H46F2N8O7. The molecule has 1 aliphatic carbocycles. The number of imidazole rings is 1. The molecule has 3 amide bonds. The van der Waals surface area contributed by atoms with E-state index in [1.54, 1.807) is 37.5 Å². The molecule has 4 aromatic heterocycles. The van der Waals surface area contributed by atoms with E-state index in [9.17, 15) is 32.8 Å². The molecule has 0 bridgehead atoms. The first-order valence-corrected chi connectivity index (χ1v) is 20.8. The van der Waals surface area contributed by atoms with Crippen molar-refractivity contribution in [2.45, 2.75) is 83.1 Å². The first kappa shape index (κ1) is 42.1. The molecule has 1 aliphatic heterocycles. The maximum Gasteiger partial charge on any atom is 0.329 e. The Bertz CT molecular complexity index is 2680. The number of aryl methyl sites for hydroxylation is 4. The summed E-state index contributed by atoms with van der Waals surface area (Å²) in [6.07, 6.45) is 9.11. The number of pyridine rings is 1. The van der Waals surface area contributed by atoms with Gasteiger partial charge in [0, 0.05) is 44.0 Å². The van der Waals surface area contributed by atoms with E-state index in [0.29, 0.717) is 35.3 Å². The summed E-state index contributed by atoms with van der Waals surface area (Å²) in [6.45, 7) is 0.394. The molecule has 8 rings (SSSR count). The summed E-state index contributed by atoms with van der Waals surface area (Å²) in [7, 11) is 1.63. The van der Waals surface area contributed by atoms with Gasteiger partial charge in [-0.2, -0.15) is 5.10 Å². The van der Waals surface area contributed by atoms with Gasteiger partial charge < -0.3 is 14.5 Å². The smallest absolute Gasteiger partial charge is 0.329 e. The number of piperidine rings is 1. The minimum absolute atomic E-state index is 0.0134. The molecule has 62 heavy (non-hydrogen) atoms. The van der Waals surface area contributed by atoms with Crippen LogP contribution in [0.2, 0.25) is 0 Å². The lowest BCUT2D eigenvalue weighted by Gasteiger charge is -2.21. The lowest BCUT2D eigenvalue weighted by atomic mass is 10.0. The Balaban J connectivity index is 0.772. The fraction of sp³-hybridized carbons (Fsp3) is 0.378. The standard InChI is InChI=1S/C45H46F2N8O7/c1-53-38-22-29(11-16-36(38)55(45(53)60)37-17-18-39(57)51-43(37)59)10-15-33(56)25-61-21-3-2-4-27-8-13-32(14-9-27)54-24-34(40(52-54)41(46)47)49-42(58)35-26-62-44(50-35)30-19-20-48-31(23-30)12-7-28-5-6-28/h8-9,11,13-14,16,19-20,22-24,26,28,37,41H,2-7,10,12,15,17-18,21,25H2,1H3,(H,49,58)(H,51,57,59). The molecule has 1 atom stereocenters. The summed E-state index contributed by atoms with van der Waals surface area (Å²) >= 11 is 0. The van der Waals surface area contributed by atoms with Gasteiger partial charge in [-0.3, -0.25) is 38.6 Å². The van der Waals surface area contributed by atoms with E-state index in [0.717, 1.165) is 54.8 Å². The fourth-order valence-corrected chi connectivity index (χ4v) is 7.67. The highest BCUT2D eigenvalue weighted by Gasteiger charge is 2.31. The maximum atomic E-state index is 14.0. The molecule has 1 unspecified atom stereocenters. The minimum atomic E-state index is -2.94. The van der Waals surface area contributed by atoms with Crippen molar-refractivity contribution in [2.75, 3.05) is 18.5 Å². The number of nitrogens with one attached hydrogen (secondary N) is 2. The lowest BCUT2D eigenvalue weighted by molar-refractivity contribution is -0.135. The van der Waals surface area contributed by atoms with Crippen LogP contribution in [0.5, 0.6) is 0 Å². The van der Waals surface area contributed by atoms with Crippen molar-refractivity contribution in [3.8, 4) is 17.1 Å². The topological polar surface area (TPSA) is 185 Å². The van der Waals surface area contributed by atoms with Crippen molar-refractivity contribution in [1.29, 1.82) is 0 Å². The van der Waals surface area contributed by atoms with E-state index in [1.807, 2.05) is 30.3 Å². The Morgan fingerprint density at radius 1 is 0.968 bits per heavy atom. The molecule has 15 nitrogen and oxygen atoms in total. The Kier molecular flexibility index (Phi) is 12.6. The quantitative estimate of drug-likeness (QED) is 0.0663. The van der Waals surface area contributed by atoms with Crippen LogP contribution in [-0.4, -0.2) is 65.6 Å². The van der Waals surface area contributed by atoms with Gasteiger partial charge in [0.15, 0.2) is 17.2 Å². The molecule has 0 radical (unpaired) electrons. The third-order valence-electron chi connectivity index (χ3n) is 11.3. The second-order valence-corrected chi connectivity index (χ2v) is 15.9. The highest BCUT2D eigenvalue weighted by atomic mass is 19.3. The highest BCUT2D eigenvalue weighted by molar-refractivity contribution is 6.03. The van der Waals surface area contributed by atoms with Gasteiger partial charge >= 0.3 is 5.69 Å². The molecule has 1 saturated heterocycles. The molecule has 0 spiro atoms. The first-order chi connectivity index (χ1) is 30.0. The molecule has 2 aliphatic rings. The fourth-order valence-electron chi connectivity index (χ4n) is 7.67. The summed E-state index contributed by atoms with van der Waals surface area (Å²) in [5.41, 5.74) is 4.12. The molecule has 322 valence electrons. The van der Waals surface area contributed by atoms with Crippen LogP contribution in [0.4, 0.5) is 14.5 Å². The number of ketones is 1. The van der Waals surface area contributed by atoms with Crippen LogP contribution in [-0.2, 0) is 45.4 Å². The predicted octanol–water partition coefficient (Wildman–Crippen LogP) is 6.63. The number of halogens is 2. The van der Waals surface area contributed by atoms with Crippen LogP contribution in [0.3, 0.4) is 0 Å². The number of anilines is 1. The van der Waals surface area contributed by atoms with Crippen molar-refractivity contribution in [1.82, 2.24) is 34.2 Å². The minimum Gasteiger partial charge on any atom is -0.444 e. The van der Waals surface area contributed by atoms with Gasteiger partial charge in [-0.25, -0.2) is 23.2 Å². The number of Topliss-reactive ketones (excluding diaryl/α,β-unsaturated/α-hetero) is 1. The summed E-state index contributed by atoms with van der Waals surface area (Å²) in [4.78, 5) is 71.5. The van der Waals surface area contributed by atoms with Crippen molar-refractivity contribution in [3.05, 3.63) is 112 Å². The SMILES string of the molecule is Cn1c(=O)n(C2CCC(=O)NC2=O)c2ccc(CCC(=O)COCCCCc3ccc(-n4cc(NC(=O)c5coc(-c6ccnc(CCC7CC7)c6)n5)c(C(F)F)n4)cc3)cc21. The van der Waals surface area contributed by atoms with Gasteiger partial charge in [0.25, 0.3) is 12.3 Å². The molecule has 5 heterocycles. The van der Waals surface area contributed by atoms with Crippen LogP contribution in [0, 0.1) is 5.92 Å². The third-order valence-corrected chi connectivity index (χ3v) is 11.3. The number of alkyl halides is 2. The Labute approximate surface area is 354 Å². The number of hydrogen-bond acceptors (Lipinski definition) is 10. The number of nitrogens with zero attached hydrogens (tertiary/aromatic N) is 6. The molecule has 2 N–H and O–H groups in total. The number of imide groups is 1. The van der Waals surface area contributed by atoms with Crippen molar-refractivity contribution < 1.29 is 37.1 Å². The van der Waals surface area contributed by atoms with Crippen molar-refractivity contribution >= 4 is 40.2 Å². The average Bonchev–Trinajstić information content (AvgIpc) is 3.68. The Morgan fingerprint density at radius 3 is 2.55 bits per heavy atom. The molecule has 6 aromatic rings. The maximum absolute atomic E-state index is 14.0. The highest BCUT2D eigenvalue weighted by Crippen LogP contribution is 2.34. The van der Waals surface area contributed by atoms with E-state index < -0.39 is 30.0 Å². The number of oxazole rings is 1. The van der Waals surface area contributed by atoms with Crippen molar-refractivity contribution in [3.63, 3.8) is 0 Å². The van der Waals surface area contributed by atoms with Crippen LogP contribution in [0.25, 0.3) is 28.2 Å². The van der Waals surface area contributed by atoms with Gasteiger partial charge in [-0.1, -0.05) is 31.0 Å². The van der Waals surface area contributed by atoms with Gasteiger partial charge in [-0.05, 0) is 98.4 Å². The zero-order chi connectivity index (χ0) is 43.3. The number of amides is 3. The van der Waals surface area contributed by atoms with Gasteiger partial charge in [-0.15, -0.1) is 0 Å². The van der Waals surface area contributed by atoms with Crippen molar-refractivity contribution in [2.24, 2.45) is 13.0 Å². The number of unbranched alkanes of at least 4 members (excludes halogenated alkanes) is 1. The summed E-state index contributed by atoms with van der Waals surface area (Å²) in [5, 5.41) is 8.88. The van der Waals surface area contributed by atoms with E-state index >= 15 is 0 Å². The Morgan fingerprint density at radius 2 is 1.77 bits per heavy atom. The second kappa shape index (κ2) is 18.6. The van der Waals surface area contributed by atoms with Gasteiger partial charge in [0.05, 0.1) is 28.6 Å². The number of aromatic nitrogens is 6. The molecule has 1 saturated carbocycles. The normalized spacial score (nSPS) is 15.4. The number of benzene rings is 2. The monoisotopic (exact) mass is 848 g/mol. The number of fused-ring (bicyclic) bond motifs is 1. The predicted molar refractivity (Wildman–Crippen MR) is 223 cm³/mol. The van der Waals surface area contributed by atoms with E-state index in [-0.39, 0.29) is 60.5 Å². The number of hydrogen-bond donors (Lipinski definition) is 2. The molecule has 2 aromatic carbocycles. The molecular weight excluding hydrogens is 803 g/mol. The largest absolute Gasteiger partial charge is 0.444 e.